The smallest absolute Gasteiger partial charge is 0.146 e. The fourth-order valence-corrected chi connectivity index (χ4v) is 3.80. The summed E-state index contributed by atoms with van der Waals surface area (Å²) in [5.74, 6) is 2.67. The molecule has 0 atom stereocenters. The number of nitrogens with zero attached hydrogens (tertiary/aromatic N) is 6. The van der Waals surface area contributed by atoms with Gasteiger partial charge in [0, 0.05) is 64.1 Å². The molecular formula is C18H27N7. The third kappa shape index (κ3) is 3.73. The number of rotatable bonds is 5. The summed E-state index contributed by atoms with van der Waals surface area (Å²) in [5.41, 5.74) is 7.19. The van der Waals surface area contributed by atoms with Gasteiger partial charge in [0.1, 0.15) is 11.6 Å². The van der Waals surface area contributed by atoms with E-state index >= 15 is 0 Å². The van der Waals surface area contributed by atoms with Gasteiger partial charge in [0.25, 0.3) is 0 Å². The molecule has 1 aliphatic carbocycles. The van der Waals surface area contributed by atoms with Crippen LogP contribution >= 0.6 is 0 Å². The van der Waals surface area contributed by atoms with Crippen molar-refractivity contribution in [2.45, 2.75) is 37.9 Å². The van der Waals surface area contributed by atoms with E-state index in [1.54, 1.807) is 0 Å². The van der Waals surface area contributed by atoms with Crippen LogP contribution in [0.25, 0.3) is 0 Å². The summed E-state index contributed by atoms with van der Waals surface area (Å²) in [4.78, 5) is 9.16. The van der Waals surface area contributed by atoms with Crippen molar-refractivity contribution < 1.29 is 0 Å². The molecule has 0 unspecified atom stereocenters. The second-order valence-corrected chi connectivity index (χ2v) is 7.38. The molecule has 7 heteroatoms. The van der Waals surface area contributed by atoms with E-state index < -0.39 is 0 Å². The molecule has 1 saturated heterocycles. The zero-order valence-electron chi connectivity index (χ0n) is 14.9. The Balaban J connectivity index is 1.29. The average molecular weight is 341 g/mol. The minimum absolute atomic E-state index is 0.345. The average Bonchev–Trinajstić information content (AvgIpc) is 2.95. The van der Waals surface area contributed by atoms with E-state index in [9.17, 15) is 0 Å². The van der Waals surface area contributed by atoms with Gasteiger partial charge in [-0.1, -0.05) is 6.07 Å². The lowest BCUT2D eigenvalue weighted by atomic mass is 9.80. The second kappa shape index (κ2) is 7.19. The van der Waals surface area contributed by atoms with Crippen molar-refractivity contribution in [1.29, 1.82) is 0 Å². The van der Waals surface area contributed by atoms with E-state index in [4.69, 9.17) is 5.73 Å². The molecule has 2 aromatic rings. The molecule has 1 aliphatic heterocycles. The number of piperazine rings is 1. The van der Waals surface area contributed by atoms with Gasteiger partial charge in [0.05, 0.1) is 6.54 Å². The standard InChI is InChI=1S/C18H27N7/c1-23-17(21-22-18(23)15-9-16(19)10-15)13-25-7-5-24(6-8-25)12-14-3-2-4-20-11-14/h2-4,11,15-16H,5-10,12-13,19H2,1H3. The molecule has 0 aromatic carbocycles. The topological polar surface area (TPSA) is 76.1 Å². The first-order valence-electron chi connectivity index (χ1n) is 9.16. The molecule has 2 fully saturated rings. The second-order valence-electron chi connectivity index (χ2n) is 7.38. The minimum atomic E-state index is 0.345. The Morgan fingerprint density at radius 1 is 1.08 bits per heavy atom. The van der Waals surface area contributed by atoms with Gasteiger partial charge >= 0.3 is 0 Å². The van der Waals surface area contributed by atoms with Crippen molar-refractivity contribution in [3.8, 4) is 0 Å². The molecule has 0 bridgehead atoms. The first kappa shape index (κ1) is 16.6. The highest BCUT2D eigenvalue weighted by Crippen LogP contribution is 2.34. The molecule has 0 radical (unpaired) electrons. The van der Waals surface area contributed by atoms with E-state index in [0.717, 1.165) is 63.8 Å². The van der Waals surface area contributed by atoms with E-state index in [1.807, 2.05) is 18.5 Å². The maximum absolute atomic E-state index is 5.91. The number of aromatic nitrogens is 4. The van der Waals surface area contributed by atoms with E-state index in [2.05, 4.69) is 42.7 Å². The molecule has 134 valence electrons. The third-order valence-electron chi connectivity index (χ3n) is 5.50. The number of hydrogen-bond acceptors (Lipinski definition) is 6. The quantitative estimate of drug-likeness (QED) is 0.864. The molecule has 2 aliphatic rings. The molecule has 4 rings (SSSR count). The fourth-order valence-electron chi connectivity index (χ4n) is 3.80. The fraction of sp³-hybridized carbons (Fsp3) is 0.611. The van der Waals surface area contributed by atoms with Crippen LogP contribution in [0.5, 0.6) is 0 Å². The zero-order valence-corrected chi connectivity index (χ0v) is 14.9. The Morgan fingerprint density at radius 3 is 2.44 bits per heavy atom. The van der Waals surface area contributed by atoms with Crippen LogP contribution in [-0.4, -0.2) is 61.8 Å². The van der Waals surface area contributed by atoms with Crippen molar-refractivity contribution >= 4 is 0 Å². The molecule has 3 heterocycles. The molecule has 7 nitrogen and oxygen atoms in total. The van der Waals surface area contributed by atoms with Crippen molar-refractivity contribution in [3.63, 3.8) is 0 Å². The lowest BCUT2D eigenvalue weighted by molar-refractivity contribution is 0.119. The van der Waals surface area contributed by atoms with Gasteiger partial charge in [-0.05, 0) is 24.5 Å². The Bertz CT molecular complexity index is 685. The summed E-state index contributed by atoms with van der Waals surface area (Å²) in [7, 11) is 2.09. The lowest BCUT2D eigenvalue weighted by Crippen LogP contribution is -2.45. The van der Waals surface area contributed by atoms with Crippen molar-refractivity contribution in [2.24, 2.45) is 12.8 Å². The van der Waals surface area contributed by atoms with Gasteiger partial charge in [-0.15, -0.1) is 10.2 Å². The van der Waals surface area contributed by atoms with Crippen LogP contribution in [0, 0.1) is 0 Å². The number of hydrogen-bond donors (Lipinski definition) is 1. The molecule has 2 aromatic heterocycles. The van der Waals surface area contributed by atoms with Crippen molar-refractivity contribution in [3.05, 3.63) is 41.7 Å². The molecule has 2 N–H and O–H groups in total. The predicted octanol–water partition coefficient (Wildman–Crippen LogP) is 0.733. The molecular weight excluding hydrogens is 314 g/mol. The molecule has 0 amide bonds. The monoisotopic (exact) mass is 341 g/mol. The van der Waals surface area contributed by atoms with Crippen LogP contribution in [0.2, 0.25) is 0 Å². The minimum Gasteiger partial charge on any atom is -0.328 e. The zero-order chi connectivity index (χ0) is 17.2. The van der Waals surface area contributed by atoms with Gasteiger partial charge in [0.2, 0.25) is 0 Å². The highest BCUT2D eigenvalue weighted by molar-refractivity contribution is 5.09. The van der Waals surface area contributed by atoms with Gasteiger partial charge in [0.15, 0.2) is 0 Å². The molecule has 1 saturated carbocycles. The van der Waals surface area contributed by atoms with E-state index in [0.29, 0.717) is 12.0 Å². The molecule has 0 spiro atoms. The normalized spacial score (nSPS) is 25.0. The summed E-state index contributed by atoms with van der Waals surface area (Å²) in [6.45, 7) is 6.16. The van der Waals surface area contributed by atoms with Crippen LogP contribution < -0.4 is 5.73 Å². The predicted molar refractivity (Wildman–Crippen MR) is 95.7 cm³/mol. The van der Waals surface area contributed by atoms with Gasteiger partial charge in [-0.25, -0.2) is 0 Å². The first-order chi connectivity index (χ1) is 12.2. The van der Waals surface area contributed by atoms with Gasteiger partial charge in [-0.3, -0.25) is 14.8 Å². The first-order valence-corrected chi connectivity index (χ1v) is 9.16. The maximum atomic E-state index is 5.91. The number of pyridine rings is 1. The van der Waals surface area contributed by atoms with Crippen LogP contribution in [0.15, 0.2) is 24.5 Å². The Kier molecular flexibility index (Phi) is 4.78. The van der Waals surface area contributed by atoms with E-state index in [1.165, 1.54) is 5.56 Å². The lowest BCUT2D eigenvalue weighted by Gasteiger charge is -2.34. The summed E-state index contributed by atoms with van der Waals surface area (Å²) >= 11 is 0. The summed E-state index contributed by atoms with van der Waals surface area (Å²) in [6, 6.07) is 4.50. The summed E-state index contributed by atoms with van der Waals surface area (Å²) in [6.07, 6.45) is 5.87. The van der Waals surface area contributed by atoms with Crippen LogP contribution in [0.4, 0.5) is 0 Å². The summed E-state index contributed by atoms with van der Waals surface area (Å²) in [5, 5.41) is 8.86. The van der Waals surface area contributed by atoms with Crippen molar-refractivity contribution in [1.82, 2.24) is 29.5 Å². The van der Waals surface area contributed by atoms with Crippen LogP contribution in [0.1, 0.15) is 36.0 Å². The summed E-state index contributed by atoms with van der Waals surface area (Å²) < 4.78 is 2.18. The maximum Gasteiger partial charge on any atom is 0.146 e. The number of nitrogens with two attached hydrogens (primary N) is 1. The van der Waals surface area contributed by atoms with Gasteiger partial charge < -0.3 is 10.3 Å². The largest absolute Gasteiger partial charge is 0.328 e. The van der Waals surface area contributed by atoms with Crippen LogP contribution in [0.3, 0.4) is 0 Å². The Hall–Kier alpha value is -1.83. The van der Waals surface area contributed by atoms with Crippen molar-refractivity contribution in [2.75, 3.05) is 26.2 Å². The Morgan fingerprint density at radius 2 is 1.80 bits per heavy atom. The molecule has 25 heavy (non-hydrogen) atoms. The third-order valence-corrected chi connectivity index (χ3v) is 5.50. The van der Waals surface area contributed by atoms with E-state index in [-0.39, 0.29) is 0 Å². The van der Waals surface area contributed by atoms with Crippen LogP contribution in [-0.2, 0) is 20.1 Å². The van der Waals surface area contributed by atoms with Gasteiger partial charge in [-0.2, -0.15) is 0 Å². The highest BCUT2D eigenvalue weighted by Gasteiger charge is 2.31. The highest BCUT2D eigenvalue weighted by atomic mass is 15.3. The Labute approximate surface area is 148 Å². The SMILES string of the molecule is Cn1c(CN2CCN(Cc3cccnc3)CC2)nnc1C1CC(N)C1.